The number of aromatic nitrogens is 6. The first kappa shape index (κ1) is 19.7. The van der Waals surface area contributed by atoms with E-state index in [-0.39, 0.29) is 5.82 Å². The van der Waals surface area contributed by atoms with Crippen molar-refractivity contribution in [3.8, 4) is 17.1 Å². The van der Waals surface area contributed by atoms with Crippen LogP contribution in [0.25, 0.3) is 17.1 Å². The average Bonchev–Trinajstić information content (AvgIpc) is 3.50. The van der Waals surface area contributed by atoms with Gasteiger partial charge in [0, 0.05) is 24.2 Å². The number of hydrogen-bond acceptors (Lipinski definition) is 5. The summed E-state index contributed by atoms with van der Waals surface area (Å²) in [7, 11) is 1.90. The molecule has 3 heterocycles. The Bertz CT molecular complexity index is 1270. The summed E-state index contributed by atoms with van der Waals surface area (Å²) in [5, 5.41) is 13.2. The van der Waals surface area contributed by atoms with Gasteiger partial charge in [0.1, 0.15) is 18.0 Å². The van der Waals surface area contributed by atoms with E-state index in [1.165, 1.54) is 18.5 Å². The Kier molecular flexibility index (Phi) is 4.74. The van der Waals surface area contributed by atoms with Crippen molar-refractivity contribution in [3.05, 3.63) is 64.5 Å². The molecule has 31 heavy (non-hydrogen) atoms. The second kappa shape index (κ2) is 7.46. The molecule has 0 unspecified atom stereocenters. The predicted octanol–water partition coefficient (Wildman–Crippen LogP) is 5.09. The van der Waals surface area contributed by atoms with Gasteiger partial charge < -0.3 is 5.32 Å². The Morgan fingerprint density at radius 1 is 1.10 bits per heavy atom. The number of benzene rings is 1. The average molecular weight is 438 g/mol. The molecule has 0 bridgehead atoms. The molecular formula is C22H21ClFN7. The Labute approximate surface area is 183 Å². The van der Waals surface area contributed by atoms with Crippen LogP contribution in [0.5, 0.6) is 0 Å². The highest BCUT2D eigenvalue weighted by molar-refractivity contribution is 6.31. The zero-order valence-electron chi connectivity index (χ0n) is 17.4. The van der Waals surface area contributed by atoms with Crippen LogP contribution in [0.15, 0.2) is 36.7 Å². The highest BCUT2D eigenvalue weighted by Gasteiger charge is 2.33. The van der Waals surface area contributed by atoms with Gasteiger partial charge in [0.2, 0.25) is 0 Å². The third-order valence-electron chi connectivity index (χ3n) is 5.51. The normalized spacial score (nSPS) is 13.6. The summed E-state index contributed by atoms with van der Waals surface area (Å²) in [5.41, 5.74) is 4.62. The van der Waals surface area contributed by atoms with E-state index in [1.807, 2.05) is 31.6 Å². The first-order chi connectivity index (χ1) is 14.9. The molecule has 1 N–H and O–H groups in total. The van der Waals surface area contributed by atoms with Gasteiger partial charge >= 0.3 is 0 Å². The molecule has 0 atom stereocenters. The van der Waals surface area contributed by atoms with E-state index < -0.39 is 0 Å². The van der Waals surface area contributed by atoms with Crippen LogP contribution < -0.4 is 5.32 Å². The Morgan fingerprint density at radius 3 is 2.48 bits per heavy atom. The van der Waals surface area contributed by atoms with Crippen LogP contribution in [0.2, 0.25) is 5.02 Å². The van der Waals surface area contributed by atoms with Crippen LogP contribution in [0.1, 0.15) is 35.7 Å². The van der Waals surface area contributed by atoms with Crippen LogP contribution in [0.4, 0.5) is 16.0 Å². The van der Waals surface area contributed by atoms with Crippen molar-refractivity contribution in [2.75, 3.05) is 5.32 Å². The fourth-order valence-corrected chi connectivity index (χ4v) is 3.96. The van der Waals surface area contributed by atoms with Gasteiger partial charge in [0.25, 0.3) is 0 Å². The largest absolute Gasteiger partial charge is 0.323 e. The second-order valence-electron chi connectivity index (χ2n) is 7.80. The van der Waals surface area contributed by atoms with Gasteiger partial charge in [-0.15, -0.1) is 0 Å². The number of rotatable bonds is 5. The number of halogens is 2. The van der Waals surface area contributed by atoms with E-state index in [1.54, 1.807) is 16.8 Å². The number of anilines is 2. The van der Waals surface area contributed by atoms with Crippen molar-refractivity contribution in [3.63, 3.8) is 0 Å². The predicted molar refractivity (Wildman–Crippen MR) is 117 cm³/mol. The van der Waals surface area contributed by atoms with Gasteiger partial charge in [0.05, 0.1) is 22.1 Å². The van der Waals surface area contributed by atoms with E-state index >= 15 is 0 Å². The standard InChI is InChI=1S/C22H21ClFN7/c1-12-20(23)13(2)31(28-12)18-10-17(25-11-26-18)27-22-19(14-4-5-14)21(30(3)29-22)15-6-8-16(24)9-7-15/h6-11,14H,4-5H2,1-3H3,(H,25,26,27,29). The molecule has 7 nitrogen and oxygen atoms in total. The number of aryl methyl sites for hydroxylation is 2. The summed E-state index contributed by atoms with van der Waals surface area (Å²) in [6.07, 6.45) is 3.70. The summed E-state index contributed by atoms with van der Waals surface area (Å²) in [4.78, 5) is 8.71. The van der Waals surface area contributed by atoms with Gasteiger partial charge in [-0.25, -0.2) is 19.0 Å². The fraction of sp³-hybridized carbons (Fsp3) is 0.273. The topological polar surface area (TPSA) is 73.5 Å². The molecule has 3 aromatic heterocycles. The van der Waals surface area contributed by atoms with E-state index in [2.05, 4.69) is 20.4 Å². The molecule has 0 amide bonds. The number of hydrogen-bond donors (Lipinski definition) is 1. The lowest BCUT2D eigenvalue weighted by atomic mass is 10.0. The lowest BCUT2D eigenvalue weighted by Crippen LogP contribution is -2.05. The second-order valence-corrected chi connectivity index (χ2v) is 8.18. The monoisotopic (exact) mass is 437 g/mol. The summed E-state index contributed by atoms with van der Waals surface area (Å²) in [5.74, 6) is 2.15. The minimum atomic E-state index is -0.255. The minimum Gasteiger partial charge on any atom is -0.323 e. The van der Waals surface area contributed by atoms with Crippen molar-refractivity contribution in [1.82, 2.24) is 29.5 Å². The SMILES string of the molecule is Cc1nn(-c2cc(Nc3nn(C)c(-c4ccc(F)cc4)c3C3CC3)ncn2)c(C)c1Cl. The zero-order chi connectivity index (χ0) is 21.7. The molecule has 0 radical (unpaired) electrons. The van der Waals surface area contributed by atoms with Crippen molar-refractivity contribution >= 4 is 23.2 Å². The Balaban J connectivity index is 1.53. The molecule has 5 rings (SSSR count). The molecule has 1 saturated carbocycles. The van der Waals surface area contributed by atoms with Gasteiger partial charge in [-0.2, -0.15) is 10.2 Å². The summed E-state index contributed by atoms with van der Waals surface area (Å²) < 4.78 is 17.0. The van der Waals surface area contributed by atoms with Crippen molar-refractivity contribution < 1.29 is 4.39 Å². The van der Waals surface area contributed by atoms with Crippen molar-refractivity contribution in [2.45, 2.75) is 32.6 Å². The maximum atomic E-state index is 13.4. The summed E-state index contributed by atoms with van der Waals surface area (Å²) in [6, 6.07) is 8.35. The maximum Gasteiger partial charge on any atom is 0.159 e. The minimum absolute atomic E-state index is 0.255. The molecule has 1 aliphatic rings. The Hall–Kier alpha value is -3.26. The summed E-state index contributed by atoms with van der Waals surface area (Å²) in [6.45, 7) is 3.76. The van der Waals surface area contributed by atoms with Crippen molar-refractivity contribution in [1.29, 1.82) is 0 Å². The first-order valence-corrected chi connectivity index (χ1v) is 10.4. The third kappa shape index (κ3) is 3.57. The molecule has 0 aliphatic heterocycles. The molecule has 9 heteroatoms. The molecule has 1 fully saturated rings. The lowest BCUT2D eigenvalue weighted by molar-refractivity contribution is 0.628. The van der Waals surface area contributed by atoms with E-state index in [0.29, 0.717) is 22.6 Å². The molecule has 0 spiro atoms. The molecule has 0 saturated heterocycles. The van der Waals surface area contributed by atoms with Crippen molar-refractivity contribution in [2.24, 2.45) is 7.05 Å². The van der Waals surface area contributed by atoms with Gasteiger partial charge in [0.15, 0.2) is 11.6 Å². The van der Waals surface area contributed by atoms with E-state index in [9.17, 15) is 4.39 Å². The Morgan fingerprint density at radius 2 is 1.84 bits per heavy atom. The fourth-order valence-electron chi connectivity index (χ4n) is 3.84. The quantitative estimate of drug-likeness (QED) is 0.470. The highest BCUT2D eigenvalue weighted by atomic mass is 35.5. The van der Waals surface area contributed by atoms with Gasteiger partial charge in [-0.1, -0.05) is 11.6 Å². The first-order valence-electron chi connectivity index (χ1n) is 10.1. The molecule has 1 aromatic carbocycles. The molecular weight excluding hydrogens is 417 g/mol. The number of nitrogens with zero attached hydrogens (tertiary/aromatic N) is 6. The molecule has 4 aromatic rings. The molecule has 158 valence electrons. The number of nitrogens with one attached hydrogen (secondary N) is 1. The maximum absolute atomic E-state index is 13.4. The lowest BCUT2D eigenvalue weighted by Gasteiger charge is -2.09. The van der Waals surface area contributed by atoms with Crippen LogP contribution in [-0.2, 0) is 7.05 Å². The van der Waals surface area contributed by atoms with Crippen LogP contribution in [0, 0.1) is 19.7 Å². The highest BCUT2D eigenvalue weighted by Crippen LogP contribution is 2.48. The molecule has 1 aliphatic carbocycles. The smallest absolute Gasteiger partial charge is 0.159 e. The zero-order valence-corrected chi connectivity index (χ0v) is 18.2. The van der Waals surface area contributed by atoms with E-state index in [0.717, 1.165) is 46.9 Å². The van der Waals surface area contributed by atoms with Gasteiger partial charge in [-0.3, -0.25) is 4.68 Å². The van der Waals surface area contributed by atoms with Crippen LogP contribution in [-0.4, -0.2) is 29.5 Å². The van der Waals surface area contributed by atoms with E-state index in [4.69, 9.17) is 16.7 Å². The third-order valence-corrected chi connectivity index (χ3v) is 6.05. The van der Waals surface area contributed by atoms with Crippen LogP contribution in [0.3, 0.4) is 0 Å². The van der Waals surface area contributed by atoms with Crippen LogP contribution >= 0.6 is 11.6 Å². The van der Waals surface area contributed by atoms with Gasteiger partial charge in [-0.05, 0) is 56.9 Å². The summed E-state index contributed by atoms with van der Waals surface area (Å²) >= 11 is 6.29.